The Kier molecular flexibility index (Phi) is 2.40. The number of hydrogen-bond donors (Lipinski definition) is 2. The Morgan fingerprint density at radius 1 is 1.77 bits per heavy atom. The summed E-state index contributed by atoms with van der Waals surface area (Å²) in [4.78, 5) is 4.17. The topological polar surface area (TPSA) is 50.9 Å². The van der Waals surface area contributed by atoms with Crippen LogP contribution in [0.4, 0.5) is 10.1 Å². The molecule has 2 unspecified atom stereocenters. The SMILES string of the molecule is CCCC1CC1Nc1ncc(N)s1. The number of anilines is 2. The summed E-state index contributed by atoms with van der Waals surface area (Å²) >= 11 is 1.53. The highest BCUT2D eigenvalue weighted by molar-refractivity contribution is 7.19. The third-order valence-electron chi connectivity index (χ3n) is 2.41. The summed E-state index contributed by atoms with van der Waals surface area (Å²) in [7, 11) is 0. The predicted octanol–water partition coefficient (Wildman–Crippen LogP) is 2.33. The smallest absolute Gasteiger partial charge is 0.184 e. The molecule has 0 saturated heterocycles. The van der Waals surface area contributed by atoms with E-state index in [1.807, 2.05) is 0 Å². The fourth-order valence-electron chi connectivity index (χ4n) is 1.63. The Morgan fingerprint density at radius 3 is 3.23 bits per heavy atom. The van der Waals surface area contributed by atoms with Gasteiger partial charge in [-0.2, -0.15) is 0 Å². The highest BCUT2D eigenvalue weighted by Gasteiger charge is 2.36. The van der Waals surface area contributed by atoms with Crippen LogP contribution in [0, 0.1) is 5.92 Å². The fourth-order valence-corrected chi connectivity index (χ4v) is 2.27. The second-order valence-electron chi connectivity index (χ2n) is 3.60. The molecule has 0 radical (unpaired) electrons. The zero-order chi connectivity index (χ0) is 9.26. The molecule has 4 heteroatoms. The monoisotopic (exact) mass is 197 g/mol. The van der Waals surface area contributed by atoms with Gasteiger partial charge >= 0.3 is 0 Å². The summed E-state index contributed by atoms with van der Waals surface area (Å²) in [5.74, 6) is 0.870. The fraction of sp³-hybridized carbons (Fsp3) is 0.667. The Labute approximate surface area is 82.4 Å². The van der Waals surface area contributed by atoms with Crippen molar-refractivity contribution in [1.82, 2.24) is 4.98 Å². The maximum absolute atomic E-state index is 5.58. The molecule has 1 heterocycles. The van der Waals surface area contributed by atoms with Crippen molar-refractivity contribution in [3.63, 3.8) is 0 Å². The van der Waals surface area contributed by atoms with Gasteiger partial charge in [0.2, 0.25) is 0 Å². The minimum Gasteiger partial charge on any atom is -0.389 e. The van der Waals surface area contributed by atoms with Gasteiger partial charge in [-0.25, -0.2) is 4.98 Å². The lowest BCUT2D eigenvalue weighted by molar-refractivity contribution is 0.692. The first-order chi connectivity index (χ1) is 6.29. The molecule has 72 valence electrons. The van der Waals surface area contributed by atoms with Crippen molar-refractivity contribution in [1.29, 1.82) is 0 Å². The van der Waals surface area contributed by atoms with Crippen molar-refractivity contribution in [3.05, 3.63) is 6.20 Å². The Bertz CT molecular complexity index is 284. The van der Waals surface area contributed by atoms with Gasteiger partial charge in [-0.15, -0.1) is 0 Å². The number of rotatable bonds is 4. The molecule has 3 nitrogen and oxygen atoms in total. The van der Waals surface area contributed by atoms with Gasteiger partial charge in [0.05, 0.1) is 6.20 Å². The summed E-state index contributed by atoms with van der Waals surface area (Å²) in [5, 5.41) is 5.16. The van der Waals surface area contributed by atoms with Crippen LogP contribution in [0.15, 0.2) is 6.20 Å². The molecule has 2 atom stereocenters. The molecule has 1 aromatic heterocycles. The number of thiazole rings is 1. The number of nitrogen functional groups attached to an aromatic ring is 1. The van der Waals surface area contributed by atoms with E-state index in [1.54, 1.807) is 6.20 Å². The average Bonchev–Trinajstić information content (AvgIpc) is 2.66. The van der Waals surface area contributed by atoms with E-state index in [4.69, 9.17) is 5.73 Å². The number of aromatic nitrogens is 1. The summed E-state index contributed by atoms with van der Waals surface area (Å²) in [6.07, 6.45) is 5.62. The molecule has 1 aliphatic rings. The second kappa shape index (κ2) is 3.54. The van der Waals surface area contributed by atoms with Gasteiger partial charge in [0, 0.05) is 6.04 Å². The van der Waals surface area contributed by atoms with Crippen molar-refractivity contribution >= 4 is 21.5 Å². The first-order valence-corrected chi connectivity index (χ1v) is 5.59. The van der Waals surface area contributed by atoms with Crippen LogP contribution in [-0.2, 0) is 0 Å². The van der Waals surface area contributed by atoms with Gasteiger partial charge < -0.3 is 11.1 Å². The maximum Gasteiger partial charge on any atom is 0.184 e. The van der Waals surface area contributed by atoms with Crippen LogP contribution in [0.25, 0.3) is 0 Å². The first kappa shape index (κ1) is 8.81. The number of nitrogens with two attached hydrogens (primary N) is 1. The molecule has 3 N–H and O–H groups in total. The van der Waals surface area contributed by atoms with Gasteiger partial charge in [0.15, 0.2) is 5.13 Å². The van der Waals surface area contributed by atoms with Crippen molar-refractivity contribution < 1.29 is 0 Å². The predicted molar refractivity (Wildman–Crippen MR) is 57.0 cm³/mol. The third-order valence-corrected chi connectivity index (χ3v) is 3.17. The highest BCUT2D eigenvalue weighted by Crippen LogP contribution is 2.38. The molecule has 0 spiro atoms. The first-order valence-electron chi connectivity index (χ1n) is 4.77. The van der Waals surface area contributed by atoms with Gasteiger partial charge in [-0.05, 0) is 18.8 Å². The molecule has 1 fully saturated rings. The van der Waals surface area contributed by atoms with E-state index in [2.05, 4.69) is 17.2 Å². The van der Waals surface area contributed by atoms with Crippen molar-refractivity contribution in [2.45, 2.75) is 32.2 Å². The zero-order valence-electron chi connectivity index (χ0n) is 7.79. The largest absolute Gasteiger partial charge is 0.389 e. The normalized spacial score (nSPS) is 25.9. The molecular weight excluding hydrogens is 182 g/mol. The van der Waals surface area contributed by atoms with Crippen molar-refractivity contribution in [2.24, 2.45) is 5.92 Å². The van der Waals surface area contributed by atoms with E-state index in [-0.39, 0.29) is 0 Å². The lowest BCUT2D eigenvalue weighted by atomic mass is 10.2. The van der Waals surface area contributed by atoms with E-state index in [0.717, 1.165) is 16.1 Å². The summed E-state index contributed by atoms with van der Waals surface area (Å²) in [5.41, 5.74) is 5.58. The molecular formula is C9H15N3S. The second-order valence-corrected chi connectivity index (χ2v) is 4.67. The van der Waals surface area contributed by atoms with Crippen LogP contribution in [0.1, 0.15) is 26.2 Å². The van der Waals surface area contributed by atoms with E-state index >= 15 is 0 Å². The summed E-state index contributed by atoms with van der Waals surface area (Å²) in [6.45, 7) is 2.23. The average molecular weight is 197 g/mol. The van der Waals surface area contributed by atoms with E-state index in [0.29, 0.717) is 6.04 Å². The standard InChI is InChI=1S/C9H15N3S/c1-2-3-6-4-7(6)12-9-11-5-8(10)13-9/h5-7H,2-4,10H2,1H3,(H,11,12). The van der Waals surface area contributed by atoms with Crippen LogP contribution in [-0.4, -0.2) is 11.0 Å². The molecule has 2 rings (SSSR count). The van der Waals surface area contributed by atoms with Crippen LogP contribution in [0.2, 0.25) is 0 Å². The molecule has 0 aliphatic heterocycles. The zero-order valence-corrected chi connectivity index (χ0v) is 8.60. The molecule has 1 saturated carbocycles. The maximum atomic E-state index is 5.58. The minimum absolute atomic E-state index is 0.658. The Hall–Kier alpha value is -0.770. The molecule has 1 aromatic rings. The van der Waals surface area contributed by atoms with Crippen LogP contribution in [0.3, 0.4) is 0 Å². The number of nitrogens with one attached hydrogen (secondary N) is 1. The molecule has 1 aliphatic carbocycles. The van der Waals surface area contributed by atoms with Crippen LogP contribution in [0.5, 0.6) is 0 Å². The number of nitrogens with zero attached hydrogens (tertiary/aromatic N) is 1. The highest BCUT2D eigenvalue weighted by atomic mass is 32.1. The van der Waals surface area contributed by atoms with Crippen LogP contribution < -0.4 is 11.1 Å². The van der Waals surface area contributed by atoms with Crippen molar-refractivity contribution in [2.75, 3.05) is 11.1 Å². The Morgan fingerprint density at radius 2 is 2.62 bits per heavy atom. The molecule has 0 aromatic carbocycles. The van der Waals surface area contributed by atoms with E-state index < -0.39 is 0 Å². The quantitative estimate of drug-likeness (QED) is 0.779. The minimum atomic E-state index is 0.658. The molecule has 0 bridgehead atoms. The van der Waals surface area contributed by atoms with Gasteiger partial charge in [0.25, 0.3) is 0 Å². The van der Waals surface area contributed by atoms with Gasteiger partial charge in [-0.1, -0.05) is 24.7 Å². The van der Waals surface area contributed by atoms with Gasteiger partial charge in [-0.3, -0.25) is 0 Å². The van der Waals surface area contributed by atoms with Crippen molar-refractivity contribution in [3.8, 4) is 0 Å². The summed E-state index contributed by atoms with van der Waals surface area (Å²) < 4.78 is 0. The third kappa shape index (κ3) is 2.12. The molecule has 0 amide bonds. The Balaban J connectivity index is 1.81. The molecule has 13 heavy (non-hydrogen) atoms. The van der Waals surface area contributed by atoms with Gasteiger partial charge in [0.1, 0.15) is 5.00 Å². The summed E-state index contributed by atoms with van der Waals surface area (Å²) in [6, 6.07) is 0.658. The van der Waals surface area contributed by atoms with E-state index in [1.165, 1.54) is 30.6 Å². The van der Waals surface area contributed by atoms with Crippen LogP contribution >= 0.6 is 11.3 Å². The lowest BCUT2D eigenvalue weighted by Gasteiger charge is -1.99. The van der Waals surface area contributed by atoms with E-state index in [9.17, 15) is 0 Å². The lowest BCUT2D eigenvalue weighted by Crippen LogP contribution is -2.03. The number of hydrogen-bond acceptors (Lipinski definition) is 4.